The average Bonchev–Trinajstić information content (AvgIpc) is 2.25. The first kappa shape index (κ1) is 12.5. The lowest BCUT2D eigenvalue weighted by atomic mass is 9.95. The Kier molecular flexibility index (Phi) is 3.44. The summed E-state index contributed by atoms with van der Waals surface area (Å²) >= 11 is 0. The van der Waals surface area contributed by atoms with Crippen LogP contribution in [0, 0.1) is 5.92 Å². The van der Waals surface area contributed by atoms with Gasteiger partial charge in [-0.15, -0.1) is 0 Å². The highest BCUT2D eigenvalue weighted by Gasteiger charge is 2.32. The summed E-state index contributed by atoms with van der Waals surface area (Å²) in [5.74, 6) is 0.349. The molecule has 1 N–H and O–H groups in total. The Bertz CT molecular complexity index is 240. The van der Waals surface area contributed by atoms with Gasteiger partial charge in [0.05, 0.1) is 0 Å². The van der Waals surface area contributed by atoms with Gasteiger partial charge in [0, 0.05) is 12.0 Å². The van der Waals surface area contributed by atoms with Crippen LogP contribution in [0.15, 0.2) is 0 Å². The molecule has 1 aliphatic heterocycles. The number of carbonyl (C=O) groups excluding carboxylic acids is 1. The number of hydrogen-bond acceptors (Lipinski definition) is 3. The molecule has 0 bridgehead atoms. The number of ether oxygens (including phenoxy) is 1. The lowest BCUT2D eigenvalue weighted by Crippen LogP contribution is -2.31. The van der Waals surface area contributed by atoms with Crippen molar-refractivity contribution in [1.82, 2.24) is 5.32 Å². The van der Waals surface area contributed by atoms with Crippen molar-refractivity contribution in [3.63, 3.8) is 0 Å². The fourth-order valence-electron chi connectivity index (χ4n) is 2.05. The van der Waals surface area contributed by atoms with Crippen molar-refractivity contribution in [2.75, 3.05) is 6.54 Å². The highest BCUT2D eigenvalue weighted by molar-refractivity contribution is 5.70. The van der Waals surface area contributed by atoms with Gasteiger partial charge in [-0.3, -0.25) is 4.79 Å². The SMILES string of the molecule is CC1(C)CC(CC(=O)OC(C)(C)C)CN1. The summed E-state index contributed by atoms with van der Waals surface area (Å²) in [5.41, 5.74) is -0.189. The van der Waals surface area contributed by atoms with Crippen LogP contribution >= 0.6 is 0 Å². The Morgan fingerprint density at radius 3 is 2.47 bits per heavy atom. The minimum absolute atomic E-state index is 0.0769. The predicted molar refractivity (Wildman–Crippen MR) is 60.7 cm³/mol. The van der Waals surface area contributed by atoms with E-state index in [1.54, 1.807) is 0 Å². The molecule has 0 aromatic carbocycles. The normalized spacial score (nSPS) is 25.3. The van der Waals surface area contributed by atoms with Crippen molar-refractivity contribution < 1.29 is 9.53 Å². The molecule has 0 aromatic rings. The number of esters is 1. The van der Waals surface area contributed by atoms with Crippen molar-refractivity contribution in [2.45, 2.75) is 58.6 Å². The lowest BCUT2D eigenvalue weighted by molar-refractivity contribution is -0.155. The van der Waals surface area contributed by atoms with Gasteiger partial charge < -0.3 is 10.1 Å². The second-order valence-electron chi connectivity index (χ2n) is 6.13. The van der Waals surface area contributed by atoms with Crippen molar-refractivity contribution in [2.24, 2.45) is 5.92 Å². The molecule has 1 fully saturated rings. The third-order valence-corrected chi connectivity index (χ3v) is 2.54. The number of hydrogen-bond donors (Lipinski definition) is 1. The third kappa shape index (κ3) is 4.65. The molecule has 15 heavy (non-hydrogen) atoms. The van der Waals surface area contributed by atoms with E-state index in [0.717, 1.165) is 13.0 Å². The van der Waals surface area contributed by atoms with Gasteiger partial charge in [-0.2, -0.15) is 0 Å². The molecule has 1 rings (SSSR count). The molecular formula is C12H23NO2. The molecule has 0 spiro atoms. The van der Waals surface area contributed by atoms with E-state index in [9.17, 15) is 4.79 Å². The van der Waals surface area contributed by atoms with Crippen LogP contribution < -0.4 is 5.32 Å². The Balaban J connectivity index is 2.34. The Hall–Kier alpha value is -0.570. The summed E-state index contributed by atoms with van der Waals surface area (Å²) in [6.45, 7) is 11.0. The van der Waals surface area contributed by atoms with Crippen LogP contribution in [0.25, 0.3) is 0 Å². The van der Waals surface area contributed by atoms with Crippen LogP contribution in [0.5, 0.6) is 0 Å². The average molecular weight is 213 g/mol. The molecule has 1 aliphatic rings. The van der Waals surface area contributed by atoms with Crippen LogP contribution in [0.2, 0.25) is 0 Å². The molecule has 0 aliphatic carbocycles. The molecule has 1 atom stereocenters. The highest BCUT2D eigenvalue weighted by Crippen LogP contribution is 2.26. The van der Waals surface area contributed by atoms with Gasteiger partial charge in [-0.1, -0.05) is 0 Å². The summed E-state index contributed by atoms with van der Waals surface area (Å²) in [5, 5.41) is 3.41. The van der Waals surface area contributed by atoms with Crippen molar-refractivity contribution >= 4 is 5.97 Å². The monoisotopic (exact) mass is 213 g/mol. The zero-order valence-corrected chi connectivity index (χ0v) is 10.5. The molecular weight excluding hydrogens is 190 g/mol. The largest absolute Gasteiger partial charge is 0.460 e. The zero-order valence-electron chi connectivity index (χ0n) is 10.5. The summed E-state index contributed by atoms with van der Waals surface area (Å²) in [4.78, 5) is 11.6. The number of carbonyl (C=O) groups is 1. The summed E-state index contributed by atoms with van der Waals surface area (Å²) in [6, 6.07) is 0. The summed E-state index contributed by atoms with van der Waals surface area (Å²) in [7, 11) is 0. The van der Waals surface area contributed by atoms with E-state index in [1.807, 2.05) is 20.8 Å². The first-order chi connectivity index (χ1) is 6.68. The lowest BCUT2D eigenvalue weighted by Gasteiger charge is -2.21. The smallest absolute Gasteiger partial charge is 0.306 e. The summed E-state index contributed by atoms with van der Waals surface area (Å²) < 4.78 is 5.30. The first-order valence-corrected chi connectivity index (χ1v) is 5.65. The molecule has 0 aromatic heterocycles. The molecule has 3 heteroatoms. The van der Waals surface area contributed by atoms with Crippen molar-refractivity contribution in [1.29, 1.82) is 0 Å². The maximum absolute atomic E-state index is 11.6. The van der Waals surface area contributed by atoms with Gasteiger partial charge in [0.25, 0.3) is 0 Å². The molecule has 1 unspecified atom stereocenters. The van der Waals surface area contributed by atoms with Crippen LogP contribution in [0.3, 0.4) is 0 Å². The van der Waals surface area contributed by atoms with E-state index < -0.39 is 0 Å². The molecule has 88 valence electrons. The Morgan fingerprint density at radius 1 is 1.47 bits per heavy atom. The maximum Gasteiger partial charge on any atom is 0.306 e. The van der Waals surface area contributed by atoms with Crippen molar-refractivity contribution in [3.8, 4) is 0 Å². The molecule has 0 radical (unpaired) electrons. The zero-order chi connectivity index (χ0) is 11.7. The van der Waals surface area contributed by atoms with Gasteiger partial charge in [0.1, 0.15) is 5.60 Å². The standard InChI is InChI=1S/C12H23NO2/c1-11(2,3)15-10(14)6-9-7-12(4,5)13-8-9/h9,13H,6-8H2,1-5H3. The van der Waals surface area contributed by atoms with Crippen LogP contribution in [-0.2, 0) is 9.53 Å². The number of nitrogens with one attached hydrogen (secondary N) is 1. The van der Waals surface area contributed by atoms with Gasteiger partial charge in [-0.25, -0.2) is 0 Å². The fraction of sp³-hybridized carbons (Fsp3) is 0.917. The minimum Gasteiger partial charge on any atom is -0.460 e. The molecule has 0 amide bonds. The van der Waals surface area contributed by atoms with Gasteiger partial charge >= 0.3 is 5.97 Å². The van der Waals surface area contributed by atoms with Gasteiger partial charge in [0.2, 0.25) is 0 Å². The van der Waals surface area contributed by atoms with E-state index in [-0.39, 0.29) is 17.1 Å². The van der Waals surface area contributed by atoms with Gasteiger partial charge in [-0.05, 0) is 53.5 Å². The van der Waals surface area contributed by atoms with E-state index in [0.29, 0.717) is 12.3 Å². The predicted octanol–water partition coefficient (Wildman–Crippen LogP) is 2.11. The van der Waals surface area contributed by atoms with Crippen LogP contribution in [0.4, 0.5) is 0 Å². The summed E-state index contributed by atoms with van der Waals surface area (Å²) in [6.07, 6.45) is 1.58. The van der Waals surface area contributed by atoms with Gasteiger partial charge in [0.15, 0.2) is 0 Å². The quantitative estimate of drug-likeness (QED) is 0.714. The van der Waals surface area contributed by atoms with Crippen LogP contribution in [-0.4, -0.2) is 23.7 Å². The third-order valence-electron chi connectivity index (χ3n) is 2.54. The van der Waals surface area contributed by atoms with Crippen LogP contribution in [0.1, 0.15) is 47.5 Å². The van der Waals surface area contributed by atoms with E-state index >= 15 is 0 Å². The van der Waals surface area contributed by atoms with E-state index in [1.165, 1.54) is 0 Å². The topological polar surface area (TPSA) is 38.3 Å². The molecule has 3 nitrogen and oxygen atoms in total. The molecule has 1 saturated heterocycles. The fourth-order valence-corrected chi connectivity index (χ4v) is 2.05. The van der Waals surface area contributed by atoms with E-state index in [2.05, 4.69) is 19.2 Å². The molecule has 1 heterocycles. The second-order valence-corrected chi connectivity index (χ2v) is 6.13. The Labute approximate surface area is 92.6 Å². The second kappa shape index (κ2) is 4.12. The first-order valence-electron chi connectivity index (χ1n) is 5.65. The maximum atomic E-state index is 11.6. The minimum atomic E-state index is -0.362. The molecule has 0 saturated carbocycles. The van der Waals surface area contributed by atoms with Crippen molar-refractivity contribution in [3.05, 3.63) is 0 Å². The van der Waals surface area contributed by atoms with E-state index in [4.69, 9.17) is 4.74 Å². The Morgan fingerprint density at radius 2 is 2.07 bits per heavy atom. The number of rotatable bonds is 2. The highest BCUT2D eigenvalue weighted by atomic mass is 16.6.